The number of aromatic nitrogens is 2. The van der Waals surface area contributed by atoms with E-state index < -0.39 is 29.7 Å². The number of thioether (sulfide) groups is 1. The molecule has 1 saturated carbocycles. The van der Waals surface area contributed by atoms with Crippen LogP contribution in [0.2, 0.25) is 0 Å². The van der Waals surface area contributed by atoms with Crippen LogP contribution < -0.4 is 5.32 Å². The third-order valence-corrected chi connectivity index (χ3v) is 8.01. The van der Waals surface area contributed by atoms with E-state index in [1.54, 1.807) is 0 Å². The van der Waals surface area contributed by atoms with Crippen LogP contribution in [0.4, 0.5) is 4.79 Å². The van der Waals surface area contributed by atoms with Crippen molar-refractivity contribution >= 4 is 17.9 Å². The van der Waals surface area contributed by atoms with E-state index in [-0.39, 0.29) is 29.9 Å². The fraction of sp³-hybridized carbons (Fsp3) is 0.800. The van der Waals surface area contributed by atoms with E-state index in [4.69, 9.17) is 5.11 Å². The highest BCUT2D eigenvalue weighted by Crippen LogP contribution is 2.41. The van der Waals surface area contributed by atoms with Crippen molar-refractivity contribution in [2.75, 3.05) is 6.61 Å². The number of rotatable bonds is 6. The topological polar surface area (TPSA) is 148 Å². The van der Waals surface area contributed by atoms with E-state index in [2.05, 4.69) is 10.3 Å². The van der Waals surface area contributed by atoms with Gasteiger partial charge in [-0.3, -0.25) is 0 Å². The second-order valence-electron chi connectivity index (χ2n) is 8.60. The lowest BCUT2D eigenvalue weighted by Gasteiger charge is -2.43. The Bertz CT molecular complexity index is 702. The van der Waals surface area contributed by atoms with Gasteiger partial charge in [-0.25, -0.2) is 14.3 Å². The molecule has 2 unspecified atom stereocenters. The highest BCUT2D eigenvalue weighted by molar-refractivity contribution is 8.00. The lowest BCUT2D eigenvalue weighted by molar-refractivity contribution is -0.0753. The van der Waals surface area contributed by atoms with E-state index in [1.165, 1.54) is 24.3 Å². The van der Waals surface area contributed by atoms with E-state index in [0.29, 0.717) is 12.1 Å². The standard InChI is InChI=1S/C20H33N3O6S/c1-11(6-14-8-23(10-21-14)20(28)29)22-13-5-3-2-4-12(7-13)19-18(27)17(26)16(25)15(9-24)30-19/h8,10-13,15-19,22,24-27H,2-7,9H2,1H3,(H,28,29)/t11-,12?,13?,15-,16+,17+,18-,19+/m1/s1. The lowest BCUT2D eigenvalue weighted by atomic mass is 9.87. The normalized spacial score (nSPS) is 36.2. The van der Waals surface area contributed by atoms with Crippen LogP contribution in [0, 0.1) is 5.92 Å². The molecule has 9 nitrogen and oxygen atoms in total. The molecule has 30 heavy (non-hydrogen) atoms. The predicted molar refractivity (Wildman–Crippen MR) is 113 cm³/mol. The van der Waals surface area contributed by atoms with Crippen molar-refractivity contribution in [1.82, 2.24) is 14.9 Å². The van der Waals surface area contributed by atoms with Gasteiger partial charge in [0.25, 0.3) is 0 Å². The number of carbonyl (C=O) groups is 1. The minimum atomic E-state index is -1.24. The Labute approximate surface area is 180 Å². The maximum atomic E-state index is 11.0. The summed E-state index contributed by atoms with van der Waals surface area (Å²) in [7, 11) is 0. The molecule has 2 fully saturated rings. The minimum absolute atomic E-state index is 0.104. The first-order chi connectivity index (χ1) is 14.3. The van der Waals surface area contributed by atoms with Gasteiger partial charge in [-0.05, 0) is 32.1 Å². The Morgan fingerprint density at radius 2 is 2.00 bits per heavy atom. The molecule has 3 rings (SSSR count). The van der Waals surface area contributed by atoms with Gasteiger partial charge < -0.3 is 30.8 Å². The number of hydrogen-bond donors (Lipinski definition) is 6. The number of aliphatic hydroxyl groups is 4. The molecule has 1 aliphatic heterocycles. The molecule has 1 aromatic heterocycles. The number of hydrogen-bond acceptors (Lipinski definition) is 8. The highest BCUT2D eigenvalue weighted by Gasteiger charge is 2.46. The summed E-state index contributed by atoms with van der Waals surface area (Å²) in [5.74, 6) is 0.166. The molecule has 1 aromatic rings. The first-order valence-corrected chi connectivity index (χ1v) is 11.6. The number of carboxylic acid groups (broad SMARTS) is 1. The summed E-state index contributed by atoms with van der Waals surface area (Å²) < 4.78 is 1.04. The third kappa shape index (κ3) is 5.54. The van der Waals surface area contributed by atoms with Gasteiger partial charge in [0.2, 0.25) is 0 Å². The molecule has 1 aliphatic carbocycles. The molecule has 0 bridgehead atoms. The molecule has 1 saturated heterocycles. The van der Waals surface area contributed by atoms with Crippen LogP contribution in [0.15, 0.2) is 12.5 Å². The van der Waals surface area contributed by atoms with E-state index in [0.717, 1.165) is 36.7 Å². The lowest BCUT2D eigenvalue weighted by Crippen LogP contribution is -2.56. The largest absolute Gasteiger partial charge is 0.464 e. The quantitative estimate of drug-likeness (QED) is 0.344. The molecule has 8 atom stereocenters. The zero-order chi connectivity index (χ0) is 21.8. The Morgan fingerprint density at radius 3 is 2.67 bits per heavy atom. The Kier molecular flexibility index (Phi) is 8.17. The molecular weight excluding hydrogens is 410 g/mol. The van der Waals surface area contributed by atoms with Gasteiger partial charge in [0.1, 0.15) is 12.4 Å². The van der Waals surface area contributed by atoms with Crippen molar-refractivity contribution in [2.24, 2.45) is 5.92 Å². The fourth-order valence-electron chi connectivity index (χ4n) is 4.72. The molecular formula is C20H33N3O6S. The smallest absolute Gasteiger partial charge is 0.416 e. The van der Waals surface area contributed by atoms with Crippen LogP contribution in [-0.2, 0) is 6.42 Å². The van der Waals surface area contributed by atoms with Crippen LogP contribution in [-0.4, -0.2) is 88.7 Å². The van der Waals surface area contributed by atoms with Crippen molar-refractivity contribution in [3.8, 4) is 0 Å². The molecule has 0 radical (unpaired) electrons. The van der Waals surface area contributed by atoms with E-state index in [9.17, 15) is 25.2 Å². The van der Waals surface area contributed by atoms with E-state index in [1.807, 2.05) is 6.92 Å². The molecule has 170 valence electrons. The third-order valence-electron chi connectivity index (χ3n) is 6.25. The number of imidazole rings is 1. The first kappa shape index (κ1) is 23.5. The molecule has 0 aromatic carbocycles. The molecule has 0 amide bonds. The van der Waals surface area contributed by atoms with Gasteiger partial charge >= 0.3 is 6.09 Å². The summed E-state index contributed by atoms with van der Waals surface area (Å²) in [5.41, 5.74) is 0.712. The van der Waals surface area contributed by atoms with Crippen molar-refractivity contribution in [2.45, 2.75) is 86.3 Å². The van der Waals surface area contributed by atoms with Crippen LogP contribution in [0.3, 0.4) is 0 Å². The zero-order valence-electron chi connectivity index (χ0n) is 17.2. The van der Waals surface area contributed by atoms with E-state index >= 15 is 0 Å². The van der Waals surface area contributed by atoms with Crippen molar-refractivity contribution < 1.29 is 30.3 Å². The van der Waals surface area contributed by atoms with Crippen LogP contribution in [0.1, 0.15) is 44.7 Å². The van der Waals surface area contributed by atoms with Gasteiger partial charge in [0, 0.05) is 30.0 Å². The van der Waals surface area contributed by atoms with Crippen LogP contribution >= 0.6 is 11.8 Å². The molecule has 2 heterocycles. The first-order valence-electron chi connectivity index (χ1n) is 10.6. The Hall–Kier alpha value is -1.17. The van der Waals surface area contributed by atoms with Crippen LogP contribution in [0.5, 0.6) is 0 Å². The van der Waals surface area contributed by atoms with Gasteiger partial charge in [-0.1, -0.05) is 12.8 Å². The fourth-order valence-corrected chi connectivity index (χ4v) is 6.32. The van der Waals surface area contributed by atoms with Gasteiger partial charge in [0.15, 0.2) is 0 Å². The summed E-state index contributed by atoms with van der Waals surface area (Å²) in [6.45, 7) is 1.81. The molecule has 2 aliphatic rings. The number of nitrogens with zero attached hydrogens (tertiary/aromatic N) is 2. The predicted octanol–water partition coefficient (Wildman–Crippen LogP) is 0.438. The van der Waals surface area contributed by atoms with Gasteiger partial charge in [-0.15, -0.1) is 11.8 Å². The van der Waals surface area contributed by atoms with Crippen molar-refractivity contribution in [3.63, 3.8) is 0 Å². The maximum absolute atomic E-state index is 11.0. The summed E-state index contributed by atoms with van der Waals surface area (Å²) in [6.07, 6.45) is 3.86. The average molecular weight is 444 g/mol. The number of nitrogens with one attached hydrogen (secondary N) is 1. The highest BCUT2D eigenvalue weighted by atomic mass is 32.2. The zero-order valence-corrected chi connectivity index (χ0v) is 18.0. The second kappa shape index (κ2) is 10.4. The van der Waals surface area contributed by atoms with Crippen molar-refractivity contribution in [1.29, 1.82) is 0 Å². The van der Waals surface area contributed by atoms with Crippen LogP contribution in [0.25, 0.3) is 0 Å². The summed E-state index contributed by atoms with van der Waals surface area (Å²) in [4.78, 5) is 15.1. The van der Waals surface area contributed by atoms with Gasteiger partial charge in [-0.2, -0.15) is 0 Å². The number of aliphatic hydroxyl groups excluding tert-OH is 4. The summed E-state index contributed by atoms with van der Waals surface area (Å²) in [6, 6.07) is 0.339. The summed E-state index contributed by atoms with van der Waals surface area (Å²) >= 11 is 1.39. The minimum Gasteiger partial charge on any atom is -0.464 e. The molecule has 10 heteroatoms. The second-order valence-corrected chi connectivity index (χ2v) is 10.0. The summed E-state index contributed by atoms with van der Waals surface area (Å²) in [5, 5.41) is 52.4. The Morgan fingerprint density at radius 1 is 1.27 bits per heavy atom. The maximum Gasteiger partial charge on any atom is 0.416 e. The SMILES string of the molecule is C[C@H](Cc1cn(C(=O)O)cn1)NC1CCCCC([C@@H]2S[C@H](CO)[C@H](O)[C@H](O)[C@H]2O)C1. The Balaban J connectivity index is 1.60. The monoisotopic (exact) mass is 443 g/mol. The van der Waals surface area contributed by atoms with Gasteiger partial charge in [0.05, 0.1) is 29.8 Å². The average Bonchev–Trinajstić information content (AvgIpc) is 3.05. The molecule has 6 N–H and O–H groups in total. The van der Waals surface area contributed by atoms with Crippen molar-refractivity contribution in [3.05, 3.63) is 18.2 Å². The molecule has 0 spiro atoms.